The molecule has 0 unspecified atom stereocenters. The molecule has 2 saturated heterocycles. The molecule has 0 aliphatic carbocycles. The van der Waals surface area contributed by atoms with Gasteiger partial charge in [-0.05, 0) is 65.1 Å². The van der Waals surface area contributed by atoms with Crippen molar-refractivity contribution in [1.29, 1.82) is 0 Å². The lowest BCUT2D eigenvalue weighted by Crippen LogP contribution is -2.49. The number of likely N-dealkylation sites (tertiary alicyclic amines) is 2. The number of hydrogen-bond donors (Lipinski definition) is 0. The number of carbonyl (C=O) groups excluding carboxylic acids is 1. The first-order valence-electron chi connectivity index (χ1n) is 10.6. The summed E-state index contributed by atoms with van der Waals surface area (Å²) >= 11 is 1.49. The van der Waals surface area contributed by atoms with Gasteiger partial charge in [-0.25, -0.2) is 9.67 Å². The maximum Gasteiger partial charge on any atom is 0.273 e. The Kier molecular flexibility index (Phi) is 6.11. The lowest BCUT2D eigenvalue weighted by atomic mass is 10.0. The normalized spacial score (nSPS) is 21.6. The van der Waals surface area contributed by atoms with Crippen molar-refractivity contribution in [1.82, 2.24) is 24.6 Å². The van der Waals surface area contributed by atoms with Gasteiger partial charge >= 0.3 is 0 Å². The Balaban J connectivity index is 1.48. The summed E-state index contributed by atoms with van der Waals surface area (Å²) in [5.41, 5.74) is 2.58. The third-order valence-electron chi connectivity index (χ3n) is 5.96. The minimum absolute atomic E-state index is 0.0866. The van der Waals surface area contributed by atoms with Crippen LogP contribution in [0.5, 0.6) is 0 Å². The minimum atomic E-state index is 0.0866. The number of aryl methyl sites for hydroxylation is 2. The Morgan fingerprint density at radius 2 is 1.86 bits per heavy atom. The molecule has 0 saturated carbocycles. The molecular weight excluding hydrogens is 370 g/mol. The molecule has 2 aromatic heterocycles. The molecule has 1 amide bonds. The van der Waals surface area contributed by atoms with E-state index in [1.54, 1.807) is 0 Å². The largest absolute Gasteiger partial charge is 0.333 e. The molecule has 28 heavy (non-hydrogen) atoms. The maximum absolute atomic E-state index is 13.3. The zero-order valence-electron chi connectivity index (χ0n) is 17.1. The fourth-order valence-corrected chi connectivity index (χ4v) is 5.31. The Morgan fingerprint density at radius 3 is 2.57 bits per heavy atom. The van der Waals surface area contributed by atoms with Crippen LogP contribution in [0.2, 0.25) is 0 Å². The van der Waals surface area contributed by atoms with Crippen molar-refractivity contribution in [3.63, 3.8) is 0 Å². The summed E-state index contributed by atoms with van der Waals surface area (Å²) in [5, 5.41) is 7.17. The number of nitrogens with zero attached hydrogens (tertiary/aromatic N) is 5. The van der Waals surface area contributed by atoms with Gasteiger partial charge in [0.2, 0.25) is 5.13 Å². The van der Waals surface area contributed by atoms with Gasteiger partial charge in [0, 0.05) is 30.2 Å². The topological polar surface area (TPSA) is 54.3 Å². The zero-order chi connectivity index (χ0) is 19.5. The number of aromatic nitrogens is 3. The summed E-state index contributed by atoms with van der Waals surface area (Å²) in [5.74, 6) is 0.0866. The molecule has 2 aliphatic heterocycles. The van der Waals surface area contributed by atoms with E-state index in [2.05, 4.69) is 19.9 Å². The fraction of sp³-hybridized carbons (Fsp3) is 0.667. The summed E-state index contributed by atoms with van der Waals surface area (Å²) < 4.78 is 1.84. The predicted molar refractivity (Wildman–Crippen MR) is 112 cm³/mol. The highest BCUT2D eigenvalue weighted by atomic mass is 32.1. The molecule has 4 rings (SSSR count). The van der Waals surface area contributed by atoms with Crippen LogP contribution in [0.1, 0.15) is 66.8 Å². The Hall–Kier alpha value is -1.73. The van der Waals surface area contributed by atoms with Gasteiger partial charge < -0.3 is 9.80 Å². The highest BCUT2D eigenvalue weighted by molar-refractivity contribution is 7.12. The number of thiazole rings is 1. The molecule has 0 spiro atoms. The van der Waals surface area contributed by atoms with Crippen molar-refractivity contribution in [3.05, 3.63) is 28.5 Å². The molecule has 0 bridgehead atoms. The Labute approximate surface area is 171 Å². The van der Waals surface area contributed by atoms with Crippen LogP contribution in [-0.2, 0) is 0 Å². The number of rotatable bonds is 4. The van der Waals surface area contributed by atoms with Crippen LogP contribution in [0.25, 0.3) is 5.13 Å². The van der Waals surface area contributed by atoms with Crippen LogP contribution in [-0.4, -0.2) is 62.7 Å². The van der Waals surface area contributed by atoms with E-state index in [0.29, 0.717) is 11.7 Å². The molecule has 7 heteroatoms. The van der Waals surface area contributed by atoms with Crippen molar-refractivity contribution >= 4 is 17.2 Å². The minimum Gasteiger partial charge on any atom is -0.333 e. The summed E-state index contributed by atoms with van der Waals surface area (Å²) in [6.45, 7) is 8.22. The van der Waals surface area contributed by atoms with Crippen LogP contribution in [0.4, 0.5) is 0 Å². The van der Waals surface area contributed by atoms with Crippen LogP contribution >= 0.6 is 11.3 Å². The average Bonchev–Trinajstić information content (AvgIpc) is 3.21. The third kappa shape index (κ3) is 4.30. The van der Waals surface area contributed by atoms with E-state index in [1.165, 1.54) is 56.5 Å². The fourth-order valence-electron chi connectivity index (χ4n) is 4.50. The van der Waals surface area contributed by atoms with E-state index in [4.69, 9.17) is 0 Å². The summed E-state index contributed by atoms with van der Waals surface area (Å²) in [4.78, 5) is 22.6. The summed E-state index contributed by atoms with van der Waals surface area (Å²) in [6.07, 6.45) is 8.69. The van der Waals surface area contributed by atoms with Crippen molar-refractivity contribution < 1.29 is 4.79 Å². The van der Waals surface area contributed by atoms with Crippen LogP contribution in [0, 0.1) is 13.8 Å². The number of carbonyl (C=O) groups is 1. The number of amides is 1. The van der Waals surface area contributed by atoms with Crippen LogP contribution in [0.15, 0.2) is 11.4 Å². The smallest absolute Gasteiger partial charge is 0.273 e. The van der Waals surface area contributed by atoms with E-state index in [1.807, 2.05) is 30.0 Å². The number of hydrogen-bond acceptors (Lipinski definition) is 5. The molecule has 2 aliphatic rings. The summed E-state index contributed by atoms with van der Waals surface area (Å²) in [6, 6.07) is 2.35. The Morgan fingerprint density at radius 1 is 1.11 bits per heavy atom. The van der Waals surface area contributed by atoms with Crippen LogP contribution in [0.3, 0.4) is 0 Å². The SMILES string of the molecule is Cc1cc(C)n(-c2nc(C(=O)N3CCCC[C@@H]3CN3CCCCCC3)cs2)n1. The van der Waals surface area contributed by atoms with Gasteiger partial charge in [-0.3, -0.25) is 4.79 Å². The van der Waals surface area contributed by atoms with E-state index in [-0.39, 0.29) is 5.91 Å². The van der Waals surface area contributed by atoms with Crippen molar-refractivity contribution in [2.24, 2.45) is 0 Å². The Bertz CT molecular complexity index is 806. The van der Waals surface area contributed by atoms with E-state index < -0.39 is 0 Å². The molecule has 2 fully saturated rings. The maximum atomic E-state index is 13.3. The number of piperidine rings is 1. The van der Waals surface area contributed by atoms with Crippen molar-refractivity contribution in [3.8, 4) is 5.13 Å². The van der Waals surface area contributed by atoms with Gasteiger partial charge in [0.05, 0.1) is 5.69 Å². The third-order valence-corrected chi connectivity index (χ3v) is 6.77. The van der Waals surface area contributed by atoms with Gasteiger partial charge in [-0.1, -0.05) is 12.8 Å². The summed E-state index contributed by atoms with van der Waals surface area (Å²) in [7, 11) is 0. The van der Waals surface area contributed by atoms with E-state index in [0.717, 1.165) is 42.5 Å². The average molecular weight is 402 g/mol. The van der Waals surface area contributed by atoms with Gasteiger partial charge in [0.25, 0.3) is 5.91 Å². The second-order valence-corrected chi connectivity index (χ2v) is 9.05. The highest BCUT2D eigenvalue weighted by Gasteiger charge is 2.30. The molecule has 2 aromatic rings. The molecule has 4 heterocycles. The van der Waals surface area contributed by atoms with Gasteiger partial charge in [-0.15, -0.1) is 11.3 Å². The standard InChI is InChI=1S/C21H31N5OS/c1-16-13-17(2)26(23-16)21-22-19(15-28-21)20(27)25-12-8-5-9-18(25)14-24-10-6-3-4-7-11-24/h13,15,18H,3-12,14H2,1-2H3/t18-/m1/s1. The second-order valence-electron chi connectivity index (χ2n) is 8.22. The van der Waals surface area contributed by atoms with E-state index >= 15 is 0 Å². The first kappa shape index (κ1) is 19.6. The molecule has 0 N–H and O–H groups in total. The molecule has 0 aromatic carbocycles. The second kappa shape index (κ2) is 8.74. The van der Waals surface area contributed by atoms with E-state index in [9.17, 15) is 4.79 Å². The lowest BCUT2D eigenvalue weighted by molar-refractivity contribution is 0.0542. The molecule has 1 atom stereocenters. The first-order valence-corrected chi connectivity index (χ1v) is 11.5. The lowest BCUT2D eigenvalue weighted by Gasteiger charge is -2.38. The van der Waals surface area contributed by atoms with Crippen molar-refractivity contribution in [2.45, 2.75) is 64.8 Å². The monoisotopic (exact) mass is 401 g/mol. The molecule has 0 radical (unpaired) electrons. The van der Waals surface area contributed by atoms with Crippen molar-refractivity contribution in [2.75, 3.05) is 26.2 Å². The van der Waals surface area contributed by atoms with Gasteiger partial charge in [0.15, 0.2) is 0 Å². The predicted octanol–water partition coefficient (Wildman–Crippen LogP) is 3.82. The van der Waals surface area contributed by atoms with Crippen LogP contribution < -0.4 is 0 Å². The van der Waals surface area contributed by atoms with Gasteiger partial charge in [0.1, 0.15) is 5.69 Å². The highest BCUT2D eigenvalue weighted by Crippen LogP contribution is 2.24. The quantitative estimate of drug-likeness (QED) is 0.782. The zero-order valence-corrected chi connectivity index (χ0v) is 17.9. The first-order chi connectivity index (χ1) is 13.6. The molecule has 152 valence electrons. The van der Waals surface area contributed by atoms with Gasteiger partial charge in [-0.2, -0.15) is 5.10 Å². The molecular formula is C21H31N5OS. The molecule has 6 nitrogen and oxygen atoms in total.